The molecule has 0 aliphatic heterocycles. The van der Waals surface area contributed by atoms with Crippen LogP contribution in [0, 0.1) is 0 Å². The second-order valence-corrected chi connectivity index (χ2v) is 9.51. The molecule has 6 nitrogen and oxygen atoms in total. The number of unbranched alkanes of at least 4 members (excludes halogenated alkanes) is 1. The van der Waals surface area contributed by atoms with Crippen LogP contribution >= 0.6 is 23.1 Å². The van der Waals surface area contributed by atoms with Gasteiger partial charge in [0, 0.05) is 24.7 Å². The smallest absolute Gasteiger partial charge is 0.272 e. The van der Waals surface area contributed by atoms with Crippen LogP contribution in [0.1, 0.15) is 31.7 Å². The molecular formula is C24H26N4O2S2. The van der Waals surface area contributed by atoms with Crippen LogP contribution in [-0.2, 0) is 17.8 Å². The van der Waals surface area contributed by atoms with E-state index in [0.717, 1.165) is 35.9 Å². The fourth-order valence-electron chi connectivity index (χ4n) is 3.51. The third-order valence-electron chi connectivity index (χ3n) is 5.19. The first kappa shape index (κ1) is 22.5. The van der Waals surface area contributed by atoms with E-state index in [2.05, 4.69) is 29.4 Å². The number of hydrogen-bond acceptors (Lipinski definition) is 6. The third kappa shape index (κ3) is 5.19. The van der Waals surface area contributed by atoms with Crippen LogP contribution in [0.5, 0.6) is 0 Å². The van der Waals surface area contributed by atoms with E-state index in [9.17, 15) is 9.59 Å². The van der Waals surface area contributed by atoms with E-state index in [1.165, 1.54) is 28.7 Å². The molecule has 166 valence electrons. The lowest BCUT2D eigenvalue weighted by atomic mass is 10.1. The van der Waals surface area contributed by atoms with E-state index in [0.29, 0.717) is 28.5 Å². The molecule has 32 heavy (non-hydrogen) atoms. The number of fused-ring (bicyclic) bond motifs is 3. The fraction of sp³-hybridized carbons (Fsp3) is 0.333. The quantitative estimate of drug-likeness (QED) is 0.209. The molecule has 0 radical (unpaired) electrons. The maximum atomic E-state index is 13.2. The van der Waals surface area contributed by atoms with Crippen LogP contribution in [0.3, 0.4) is 0 Å². The summed E-state index contributed by atoms with van der Waals surface area (Å²) in [6.45, 7) is 3.32. The van der Waals surface area contributed by atoms with Crippen molar-refractivity contribution in [2.75, 3.05) is 12.3 Å². The zero-order valence-electron chi connectivity index (χ0n) is 18.0. The van der Waals surface area contributed by atoms with Gasteiger partial charge in [-0.25, -0.2) is 9.97 Å². The van der Waals surface area contributed by atoms with Crippen molar-refractivity contribution in [3.8, 4) is 0 Å². The topological polar surface area (TPSA) is 76.9 Å². The average Bonchev–Trinajstić information content (AvgIpc) is 3.20. The Hall–Kier alpha value is -2.71. The molecule has 0 aliphatic rings. The van der Waals surface area contributed by atoms with Gasteiger partial charge in [-0.15, -0.1) is 11.3 Å². The van der Waals surface area contributed by atoms with E-state index >= 15 is 0 Å². The summed E-state index contributed by atoms with van der Waals surface area (Å²) in [6.07, 6.45) is 5.41. The number of thiophene rings is 1. The van der Waals surface area contributed by atoms with E-state index < -0.39 is 0 Å². The molecule has 0 atom stereocenters. The number of amides is 1. The lowest BCUT2D eigenvalue weighted by molar-refractivity contribution is -0.118. The summed E-state index contributed by atoms with van der Waals surface area (Å²) in [4.78, 5) is 35.6. The van der Waals surface area contributed by atoms with Crippen molar-refractivity contribution in [1.82, 2.24) is 19.9 Å². The van der Waals surface area contributed by atoms with Gasteiger partial charge in [0.25, 0.3) is 5.56 Å². The second kappa shape index (κ2) is 10.7. The predicted molar refractivity (Wildman–Crippen MR) is 133 cm³/mol. The Bertz CT molecular complexity index is 1270. The minimum atomic E-state index is -0.0451. The number of carbonyl (C=O) groups is 1. The highest BCUT2D eigenvalue weighted by Gasteiger charge is 2.17. The van der Waals surface area contributed by atoms with Gasteiger partial charge < -0.3 is 5.32 Å². The highest BCUT2D eigenvalue weighted by atomic mass is 32.2. The Balaban J connectivity index is 1.45. The maximum Gasteiger partial charge on any atom is 0.272 e. The first-order valence-electron chi connectivity index (χ1n) is 10.9. The maximum absolute atomic E-state index is 13.2. The van der Waals surface area contributed by atoms with Crippen molar-refractivity contribution in [2.24, 2.45) is 0 Å². The van der Waals surface area contributed by atoms with Gasteiger partial charge in [0.05, 0.1) is 11.3 Å². The van der Waals surface area contributed by atoms with Gasteiger partial charge >= 0.3 is 0 Å². The van der Waals surface area contributed by atoms with Crippen molar-refractivity contribution >= 4 is 49.4 Å². The summed E-state index contributed by atoms with van der Waals surface area (Å²) in [7, 11) is 0. The van der Waals surface area contributed by atoms with Gasteiger partial charge in [0.2, 0.25) is 5.91 Å². The Morgan fingerprint density at radius 1 is 1.16 bits per heavy atom. The number of hydrogen-bond donors (Lipinski definition) is 1. The highest BCUT2D eigenvalue weighted by Crippen LogP contribution is 2.30. The third-order valence-corrected chi connectivity index (χ3v) is 7.26. The Morgan fingerprint density at radius 2 is 2.00 bits per heavy atom. The van der Waals surface area contributed by atoms with Gasteiger partial charge in [-0.3, -0.25) is 14.2 Å². The number of rotatable bonds is 10. The molecular weight excluding hydrogens is 440 g/mol. The van der Waals surface area contributed by atoms with Crippen LogP contribution < -0.4 is 10.9 Å². The number of pyridine rings is 1. The van der Waals surface area contributed by atoms with Crippen molar-refractivity contribution < 1.29 is 4.79 Å². The first-order valence-corrected chi connectivity index (χ1v) is 12.7. The molecule has 1 N–H and O–H groups in total. The number of nitrogens with zero attached hydrogens (tertiary/aromatic N) is 3. The highest BCUT2D eigenvalue weighted by molar-refractivity contribution is 7.99. The van der Waals surface area contributed by atoms with Gasteiger partial charge in [-0.2, -0.15) is 0 Å². The normalized spacial score (nSPS) is 11.3. The molecule has 0 fully saturated rings. The van der Waals surface area contributed by atoms with Gasteiger partial charge in [-0.1, -0.05) is 55.4 Å². The van der Waals surface area contributed by atoms with Crippen LogP contribution in [-0.4, -0.2) is 32.7 Å². The van der Waals surface area contributed by atoms with E-state index in [1.807, 2.05) is 30.3 Å². The van der Waals surface area contributed by atoms with E-state index in [-0.39, 0.29) is 17.2 Å². The van der Waals surface area contributed by atoms with Crippen molar-refractivity contribution in [2.45, 2.75) is 44.3 Å². The Labute approximate surface area is 195 Å². The second-order valence-electron chi connectivity index (χ2n) is 7.57. The molecule has 1 aromatic carbocycles. The molecule has 0 saturated heterocycles. The van der Waals surface area contributed by atoms with Crippen molar-refractivity contribution in [1.29, 1.82) is 0 Å². The van der Waals surface area contributed by atoms with Crippen LogP contribution in [0.15, 0.2) is 58.6 Å². The monoisotopic (exact) mass is 466 g/mol. The molecule has 0 unspecified atom stereocenters. The van der Waals surface area contributed by atoms with Crippen molar-refractivity contribution in [3.05, 3.63) is 64.6 Å². The van der Waals surface area contributed by atoms with Crippen LogP contribution in [0.2, 0.25) is 0 Å². The largest absolute Gasteiger partial charge is 0.355 e. The lowest BCUT2D eigenvalue weighted by Gasteiger charge is -2.11. The molecule has 0 aliphatic carbocycles. The number of benzene rings is 1. The molecule has 3 heterocycles. The van der Waals surface area contributed by atoms with Gasteiger partial charge in [0.1, 0.15) is 9.53 Å². The number of aryl methyl sites for hydroxylation is 1. The van der Waals surface area contributed by atoms with Crippen LogP contribution in [0.4, 0.5) is 0 Å². The lowest BCUT2D eigenvalue weighted by Crippen LogP contribution is -2.27. The molecule has 0 bridgehead atoms. The molecule has 4 aromatic rings. The summed E-state index contributed by atoms with van der Waals surface area (Å²) in [5.74, 6) is 0.187. The summed E-state index contributed by atoms with van der Waals surface area (Å²) in [6, 6.07) is 14.0. The van der Waals surface area contributed by atoms with Gasteiger partial charge in [-0.05, 0) is 37.0 Å². The summed E-state index contributed by atoms with van der Waals surface area (Å²) >= 11 is 2.71. The number of aromatic nitrogens is 3. The van der Waals surface area contributed by atoms with Gasteiger partial charge in [0.15, 0.2) is 5.16 Å². The zero-order chi connectivity index (χ0) is 22.3. The summed E-state index contributed by atoms with van der Waals surface area (Å²) < 4.78 is 2.35. The van der Waals surface area contributed by atoms with E-state index in [4.69, 9.17) is 4.98 Å². The molecule has 4 rings (SSSR count). The zero-order valence-corrected chi connectivity index (χ0v) is 19.7. The predicted octanol–water partition coefficient (Wildman–Crippen LogP) is 4.65. The van der Waals surface area contributed by atoms with E-state index in [1.54, 1.807) is 10.8 Å². The minimum absolute atomic E-state index is 0.0442. The molecule has 0 spiro atoms. The number of carbonyl (C=O) groups excluding carboxylic acids is 1. The molecule has 1 amide bonds. The first-order chi connectivity index (χ1) is 15.7. The molecule has 8 heteroatoms. The van der Waals surface area contributed by atoms with Crippen molar-refractivity contribution in [3.63, 3.8) is 0 Å². The standard InChI is InChI=1S/C24H26N4O2S2/c1-2-3-15-28-23(30)21-20(18-12-8-14-26-22(18)32-21)27-24(28)31-16-19(29)25-13-7-11-17-9-5-4-6-10-17/h4-6,8-10,12,14H,2-3,7,11,13,15-16H2,1H3,(H,25,29). The molecule has 3 aromatic heterocycles. The fourth-order valence-corrected chi connectivity index (χ4v) is 5.39. The minimum Gasteiger partial charge on any atom is -0.355 e. The SMILES string of the molecule is CCCCn1c(SCC(=O)NCCCc2ccccc2)nc2c(sc3ncccc32)c1=O. The molecule has 0 saturated carbocycles. The summed E-state index contributed by atoms with van der Waals surface area (Å²) in [5.41, 5.74) is 1.91. The Morgan fingerprint density at radius 3 is 2.81 bits per heavy atom. The van der Waals surface area contributed by atoms with Crippen LogP contribution in [0.25, 0.3) is 20.4 Å². The average molecular weight is 467 g/mol. The number of thioether (sulfide) groups is 1. The number of nitrogens with one attached hydrogen (secondary N) is 1. The summed E-state index contributed by atoms with van der Waals surface area (Å²) in [5, 5.41) is 4.46. The Kier molecular flexibility index (Phi) is 7.55.